The zero-order valence-corrected chi connectivity index (χ0v) is 12.9. The summed E-state index contributed by atoms with van der Waals surface area (Å²) in [7, 11) is 0. The first-order chi connectivity index (χ1) is 9.65. The molecular formula is C16H17BrN2O. The molecule has 0 heterocycles. The first-order valence-electron chi connectivity index (χ1n) is 6.49. The Morgan fingerprint density at radius 2 is 1.75 bits per heavy atom. The van der Waals surface area contributed by atoms with E-state index >= 15 is 0 Å². The molecule has 2 N–H and O–H groups in total. The fourth-order valence-electron chi connectivity index (χ4n) is 1.87. The van der Waals surface area contributed by atoms with Gasteiger partial charge in [0.1, 0.15) is 0 Å². The standard InChI is InChI=1S/C16H17BrN2O/c1-12(13-5-3-2-4-6-13)19-16(20)11-18-15-9-7-14(17)8-10-15/h2-10,12,18H,11H2,1H3,(H,19,20)/t12-/m1/s1. The van der Waals surface area contributed by atoms with Crippen molar-refractivity contribution in [2.24, 2.45) is 0 Å². The van der Waals surface area contributed by atoms with Crippen LogP contribution in [0.5, 0.6) is 0 Å². The van der Waals surface area contributed by atoms with Crippen LogP contribution in [0.25, 0.3) is 0 Å². The summed E-state index contributed by atoms with van der Waals surface area (Å²) in [5.74, 6) is -0.0238. The zero-order chi connectivity index (χ0) is 14.4. The van der Waals surface area contributed by atoms with E-state index in [1.54, 1.807) is 0 Å². The van der Waals surface area contributed by atoms with Crippen molar-refractivity contribution >= 4 is 27.5 Å². The summed E-state index contributed by atoms with van der Waals surface area (Å²) in [6, 6.07) is 17.7. The molecule has 0 aliphatic rings. The van der Waals surface area contributed by atoms with Gasteiger partial charge in [-0.1, -0.05) is 46.3 Å². The Balaban J connectivity index is 1.82. The molecule has 104 valence electrons. The van der Waals surface area contributed by atoms with Crippen molar-refractivity contribution in [2.45, 2.75) is 13.0 Å². The molecule has 3 nitrogen and oxygen atoms in total. The number of hydrogen-bond acceptors (Lipinski definition) is 2. The van der Waals surface area contributed by atoms with Gasteiger partial charge in [-0.25, -0.2) is 0 Å². The van der Waals surface area contributed by atoms with E-state index in [4.69, 9.17) is 0 Å². The van der Waals surface area contributed by atoms with E-state index in [-0.39, 0.29) is 18.5 Å². The van der Waals surface area contributed by atoms with E-state index in [1.807, 2.05) is 61.5 Å². The molecule has 0 saturated carbocycles. The molecule has 20 heavy (non-hydrogen) atoms. The minimum atomic E-state index is -0.0238. The minimum absolute atomic E-state index is 0.00965. The van der Waals surface area contributed by atoms with Gasteiger partial charge in [-0.15, -0.1) is 0 Å². The highest BCUT2D eigenvalue weighted by Gasteiger charge is 2.08. The van der Waals surface area contributed by atoms with E-state index in [0.717, 1.165) is 15.7 Å². The van der Waals surface area contributed by atoms with Gasteiger partial charge in [-0.2, -0.15) is 0 Å². The van der Waals surface area contributed by atoms with Crippen LogP contribution in [0.1, 0.15) is 18.5 Å². The van der Waals surface area contributed by atoms with E-state index in [0.29, 0.717) is 0 Å². The zero-order valence-electron chi connectivity index (χ0n) is 11.3. The fourth-order valence-corrected chi connectivity index (χ4v) is 2.13. The number of carbonyl (C=O) groups is 1. The van der Waals surface area contributed by atoms with Gasteiger partial charge in [0.2, 0.25) is 5.91 Å². The maximum absolute atomic E-state index is 11.9. The monoisotopic (exact) mass is 332 g/mol. The Bertz CT molecular complexity index is 554. The Morgan fingerprint density at radius 3 is 2.40 bits per heavy atom. The second-order valence-electron chi connectivity index (χ2n) is 4.56. The number of anilines is 1. The van der Waals surface area contributed by atoms with E-state index in [2.05, 4.69) is 26.6 Å². The highest BCUT2D eigenvalue weighted by molar-refractivity contribution is 9.10. The number of nitrogens with one attached hydrogen (secondary N) is 2. The molecular weight excluding hydrogens is 316 g/mol. The van der Waals surface area contributed by atoms with Crippen LogP contribution in [0.2, 0.25) is 0 Å². The molecule has 0 fully saturated rings. The lowest BCUT2D eigenvalue weighted by atomic mass is 10.1. The lowest BCUT2D eigenvalue weighted by Gasteiger charge is -2.15. The summed E-state index contributed by atoms with van der Waals surface area (Å²) >= 11 is 3.38. The molecule has 0 aromatic heterocycles. The second-order valence-corrected chi connectivity index (χ2v) is 5.48. The van der Waals surface area contributed by atoms with E-state index < -0.39 is 0 Å². The summed E-state index contributed by atoms with van der Waals surface area (Å²) in [4.78, 5) is 11.9. The Morgan fingerprint density at radius 1 is 1.10 bits per heavy atom. The molecule has 1 amide bonds. The van der Waals surface area contributed by atoms with Crippen molar-refractivity contribution < 1.29 is 4.79 Å². The quantitative estimate of drug-likeness (QED) is 0.875. The third kappa shape index (κ3) is 4.38. The molecule has 1 atom stereocenters. The van der Waals surface area contributed by atoms with Gasteiger partial charge < -0.3 is 10.6 Å². The Hall–Kier alpha value is -1.81. The predicted molar refractivity (Wildman–Crippen MR) is 85.6 cm³/mol. The molecule has 0 spiro atoms. The smallest absolute Gasteiger partial charge is 0.239 e. The van der Waals surface area contributed by atoms with Crippen LogP contribution in [-0.2, 0) is 4.79 Å². The number of amides is 1. The number of hydrogen-bond donors (Lipinski definition) is 2. The van der Waals surface area contributed by atoms with Gasteiger partial charge in [0, 0.05) is 10.2 Å². The van der Waals surface area contributed by atoms with Crippen molar-refractivity contribution in [3.8, 4) is 0 Å². The molecule has 0 saturated heterocycles. The molecule has 2 rings (SSSR count). The summed E-state index contributed by atoms with van der Waals surface area (Å²) < 4.78 is 1.02. The predicted octanol–water partition coefficient (Wildman–Crippen LogP) is 3.74. The number of rotatable bonds is 5. The van der Waals surface area contributed by atoms with Gasteiger partial charge in [0.25, 0.3) is 0 Å². The number of carbonyl (C=O) groups excluding carboxylic acids is 1. The lowest BCUT2D eigenvalue weighted by Crippen LogP contribution is -2.32. The molecule has 4 heteroatoms. The average molecular weight is 333 g/mol. The van der Waals surface area contributed by atoms with Crippen molar-refractivity contribution in [3.63, 3.8) is 0 Å². The van der Waals surface area contributed by atoms with Crippen molar-refractivity contribution in [1.82, 2.24) is 5.32 Å². The second kappa shape index (κ2) is 7.10. The molecule has 0 aliphatic heterocycles. The first-order valence-corrected chi connectivity index (χ1v) is 7.28. The van der Waals surface area contributed by atoms with Gasteiger partial charge in [-0.3, -0.25) is 4.79 Å². The molecule has 0 aliphatic carbocycles. The minimum Gasteiger partial charge on any atom is -0.376 e. The molecule has 0 bridgehead atoms. The topological polar surface area (TPSA) is 41.1 Å². The van der Waals surface area contributed by atoms with Crippen LogP contribution in [0.3, 0.4) is 0 Å². The Kier molecular flexibility index (Phi) is 5.18. The van der Waals surface area contributed by atoms with Gasteiger partial charge in [0.05, 0.1) is 12.6 Å². The van der Waals surface area contributed by atoms with Crippen LogP contribution in [-0.4, -0.2) is 12.5 Å². The summed E-state index contributed by atoms with van der Waals surface area (Å²) in [5.41, 5.74) is 2.03. The average Bonchev–Trinajstić information content (AvgIpc) is 2.47. The molecule has 0 unspecified atom stereocenters. The highest BCUT2D eigenvalue weighted by Crippen LogP contribution is 2.14. The van der Waals surface area contributed by atoms with Crippen molar-refractivity contribution in [2.75, 3.05) is 11.9 Å². The van der Waals surface area contributed by atoms with Crippen molar-refractivity contribution in [3.05, 3.63) is 64.6 Å². The fraction of sp³-hybridized carbons (Fsp3) is 0.188. The summed E-state index contributed by atoms with van der Waals surface area (Å²) in [5, 5.41) is 6.06. The van der Waals surface area contributed by atoms with Crippen LogP contribution in [0.4, 0.5) is 5.69 Å². The highest BCUT2D eigenvalue weighted by atomic mass is 79.9. The molecule has 2 aromatic carbocycles. The Labute approximate surface area is 127 Å². The van der Waals surface area contributed by atoms with Crippen LogP contribution in [0, 0.1) is 0 Å². The van der Waals surface area contributed by atoms with Gasteiger partial charge in [-0.05, 0) is 36.8 Å². The SMILES string of the molecule is C[C@@H](NC(=O)CNc1ccc(Br)cc1)c1ccccc1. The number of benzene rings is 2. The van der Waals surface area contributed by atoms with Crippen molar-refractivity contribution in [1.29, 1.82) is 0 Å². The van der Waals surface area contributed by atoms with Gasteiger partial charge >= 0.3 is 0 Å². The summed E-state index contributed by atoms with van der Waals surface area (Å²) in [6.07, 6.45) is 0. The van der Waals surface area contributed by atoms with Gasteiger partial charge in [0.15, 0.2) is 0 Å². The summed E-state index contributed by atoms with van der Waals surface area (Å²) in [6.45, 7) is 2.24. The molecule has 2 aromatic rings. The third-order valence-electron chi connectivity index (χ3n) is 2.97. The van der Waals surface area contributed by atoms with E-state index in [9.17, 15) is 4.79 Å². The maximum atomic E-state index is 11.9. The van der Waals surface area contributed by atoms with Crippen LogP contribution >= 0.6 is 15.9 Å². The lowest BCUT2D eigenvalue weighted by molar-refractivity contribution is -0.120. The van der Waals surface area contributed by atoms with Crippen LogP contribution < -0.4 is 10.6 Å². The first kappa shape index (κ1) is 14.6. The van der Waals surface area contributed by atoms with E-state index in [1.165, 1.54) is 0 Å². The number of halogens is 1. The maximum Gasteiger partial charge on any atom is 0.239 e. The largest absolute Gasteiger partial charge is 0.376 e. The third-order valence-corrected chi connectivity index (χ3v) is 3.50. The van der Waals surface area contributed by atoms with Crippen LogP contribution in [0.15, 0.2) is 59.1 Å². The molecule has 0 radical (unpaired) electrons. The normalized spacial score (nSPS) is 11.7.